The van der Waals surface area contributed by atoms with Crippen LogP contribution in [-0.4, -0.2) is 16.1 Å². The van der Waals surface area contributed by atoms with E-state index in [1.807, 2.05) is 6.08 Å². The number of rotatable bonds is 6. The van der Waals surface area contributed by atoms with Gasteiger partial charge in [-0.05, 0) is 28.6 Å². The second-order valence-corrected chi connectivity index (χ2v) is 21.3. The molecule has 0 radical (unpaired) electrons. The van der Waals surface area contributed by atoms with Gasteiger partial charge in [0.25, 0.3) is 0 Å². The highest BCUT2D eigenvalue weighted by Gasteiger charge is 2.42. The molecule has 144 valence electrons. The van der Waals surface area contributed by atoms with Gasteiger partial charge in [-0.2, -0.15) is 0 Å². The second kappa shape index (κ2) is 8.44. The summed E-state index contributed by atoms with van der Waals surface area (Å²) in [5.74, 6) is 3.68. The molecule has 0 aliphatic carbocycles. The second-order valence-electron chi connectivity index (χ2n) is 10.4. The Balaban J connectivity index is 6.02. The van der Waals surface area contributed by atoms with Crippen LogP contribution in [-0.2, 0) is 0 Å². The summed E-state index contributed by atoms with van der Waals surface area (Å²) < 4.78 is 0. The zero-order valence-electron chi connectivity index (χ0n) is 19.2. The average molecular weight is 377 g/mol. The molecule has 0 aliphatic heterocycles. The van der Waals surface area contributed by atoms with Crippen LogP contribution in [0.4, 0.5) is 0 Å². The Hall–Kier alpha value is -0.526. The first-order valence-corrected chi connectivity index (χ1v) is 15.2. The Bertz CT molecular complexity index is 511. The Kier molecular flexibility index (Phi) is 8.26. The van der Waals surface area contributed by atoms with Crippen molar-refractivity contribution in [2.75, 3.05) is 0 Å². The van der Waals surface area contributed by atoms with Crippen LogP contribution in [0.1, 0.15) is 69.2 Å². The SMILES string of the molecule is C=CC(C)(C#C[Si](C(C)C)(C(C)C)C(C)C)/C=C/[Si](C)(C)C(C)(C)C. The summed E-state index contributed by atoms with van der Waals surface area (Å²) in [4.78, 5) is 0. The molecule has 2 heteroatoms. The van der Waals surface area contributed by atoms with Gasteiger partial charge in [-0.1, -0.05) is 99.2 Å². The van der Waals surface area contributed by atoms with E-state index in [0.717, 1.165) is 0 Å². The zero-order valence-corrected chi connectivity index (χ0v) is 21.2. The molecule has 0 fully saturated rings. The maximum absolute atomic E-state index is 4.11. The van der Waals surface area contributed by atoms with Gasteiger partial charge >= 0.3 is 0 Å². The predicted octanol–water partition coefficient (Wildman–Crippen LogP) is 8.00. The van der Waals surface area contributed by atoms with Gasteiger partial charge in [-0.25, -0.2) is 0 Å². The monoisotopic (exact) mass is 376 g/mol. The molecule has 0 aromatic carbocycles. The van der Waals surface area contributed by atoms with Gasteiger partial charge in [0.15, 0.2) is 0 Å². The number of hydrogen-bond donors (Lipinski definition) is 0. The van der Waals surface area contributed by atoms with E-state index in [1.165, 1.54) is 0 Å². The molecular formula is C23H44Si2. The fourth-order valence-corrected chi connectivity index (χ4v) is 10.1. The first-order valence-electron chi connectivity index (χ1n) is 9.94. The first-order chi connectivity index (χ1) is 11.1. The normalized spacial score (nSPS) is 16.3. The summed E-state index contributed by atoms with van der Waals surface area (Å²) in [7, 11) is -3.15. The molecule has 1 atom stereocenters. The van der Waals surface area contributed by atoms with E-state index in [2.05, 4.69) is 112 Å². The molecule has 0 saturated carbocycles. The third-order valence-corrected chi connectivity index (χ3v) is 17.8. The largest absolute Gasteiger partial charge is 0.146 e. The van der Waals surface area contributed by atoms with Gasteiger partial charge in [0.1, 0.15) is 8.07 Å². The van der Waals surface area contributed by atoms with Crippen LogP contribution in [0.3, 0.4) is 0 Å². The first kappa shape index (κ1) is 24.5. The minimum absolute atomic E-state index is 0.230. The summed E-state index contributed by atoms with van der Waals surface area (Å²) >= 11 is 0. The maximum atomic E-state index is 4.11. The third kappa shape index (κ3) is 5.73. The van der Waals surface area contributed by atoms with Crippen molar-refractivity contribution in [2.24, 2.45) is 5.41 Å². The van der Waals surface area contributed by atoms with Gasteiger partial charge < -0.3 is 0 Å². The number of hydrogen-bond acceptors (Lipinski definition) is 0. The van der Waals surface area contributed by atoms with E-state index in [1.54, 1.807) is 0 Å². The lowest BCUT2D eigenvalue weighted by Gasteiger charge is -2.38. The van der Waals surface area contributed by atoms with Crippen molar-refractivity contribution in [3.63, 3.8) is 0 Å². The van der Waals surface area contributed by atoms with Gasteiger partial charge in [0.05, 0.1) is 13.5 Å². The van der Waals surface area contributed by atoms with Crippen LogP contribution in [0.15, 0.2) is 24.4 Å². The Labute approximate surface area is 161 Å². The molecule has 1 unspecified atom stereocenters. The molecule has 25 heavy (non-hydrogen) atoms. The predicted molar refractivity (Wildman–Crippen MR) is 123 cm³/mol. The van der Waals surface area contributed by atoms with Crippen LogP contribution >= 0.6 is 0 Å². The van der Waals surface area contributed by atoms with Gasteiger partial charge in [-0.3, -0.25) is 0 Å². The van der Waals surface area contributed by atoms with Crippen molar-refractivity contribution < 1.29 is 0 Å². The molecule has 0 rings (SSSR count). The zero-order chi connectivity index (χ0) is 20.3. The number of allylic oxidation sites excluding steroid dienone is 2. The topological polar surface area (TPSA) is 0 Å². The quantitative estimate of drug-likeness (QED) is 0.250. The molecule has 0 N–H and O–H groups in total. The Morgan fingerprint density at radius 1 is 0.840 bits per heavy atom. The standard InChI is InChI=1S/C23H44Si2/c1-14-23(11,15-17-24(12,13)22(8,9)10)16-18-25(19(2)3,20(4)5)21(6)7/h14-15,17,19-21H,1H2,2-13H3/b17-15+. The van der Waals surface area contributed by atoms with Gasteiger partial charge in [0, 0.05) is 0 Å². The van der Waals surface area contributed by atoms with Crippen LogP contribution in [0.5, 0.6) is 0 Å². The summed E-state index contributed by atoms with van der Waals surface area (Å²) in [6.07, 6.45) is 4.37. The molecule has 0 spiro atoms. The molecule has 0 nitrogen and oxygen atoms in total. The van der Waals surface area contributed by atoms with E-state index in [0.29, 0.717) is 21.7 Å². The van der Waals surface area contributed by atoms with Crippen LogP contribution in [0.25, 0.3) is 0 Å². The molecule has 0 saturated heterocycles. The van der Waals surface area contributed by atoms with Crippen molar-refractivity contribution in [1.82, 2.24) is 0 Å². The van der Waals surface area contributed by atoms with Crippen molar-refractivity contribution in [1.29, 1.82) is 0 Å². The molecule has 0 bridgehead atoms. The lowest BCUT2D eigenvalue weighted by atomic mass is 9.93. The fourth-order valence-electron chi connectivity index (χ4n) is 3.47. The van der Waals surface area contributed by atoms with Crippen molar-refractivity contribution in [3.05, 3.63) is 24.4 Å². The van der Waals surface area contributed by atoms with Crippen molar-refractivity contribution in [3.8, 4) is 11.5 Å². The highest BCUT2D eigenvalue weighted by atomic mass is 28.3. The van der Waals surface area contributed by atoms with E-state index in [9.17, 15) is 0 Å². The summed E-state index contributed by atoms with van der Waals surface area (Å²) in [6.45, 7) is 32.5. The minimum atomic E-state index is -1.70. The molecule has 0 heterocycles. The maximum Gasteiger partial charge on any atom is 0.146 e. The van der Waals surface area contributed by atoms with E-state index < -0.39 is 16.1 Å². The highest BCUT2D eigenvalue weighted by Crippen LogP contribution is 2.41. The Morgan fingerprint density at radius 2 is 1.24 bits per heavy atom. The van der Waals surface area contributed by atoms with Crippen LogP contribution in [0.2, 0.25) is 34.8 Å². The molecule has 0 amide bonds. The molecule has 0 aromatic heterocycles. The van der Waals surface area contributed by atoms with E-state index in [4.69, 9.17) is 0 Å². The summed E-state index contributed by atoms with van der Waals surface area (Å²) in [6, 6.07) is 0. The van der Waals surface area contributed by atoms with E-state index >= 15 is 0 Å². The lowest BCUT2D eigenvalue weighted by molar-refractivity contribution is 0.722. The summed E-state index contributed by atoms with van der Waals surface area (Å²) in [5.41, 5.74) is 8.12. The molecule has 0 aliphatic rings. The Morgan fingerprint density at radius 3 is 1.52 bits per heavy atom. The fraction of sp³-hybridized carbons (Fsp3) is 0.739. The van der Waals surface area contributed by atoms with Gasteiger partial charge in [-0.15, -0.1) is 12.1 Å². The molecular weight excluding hydrogens is 332 g/mol. The van der Waals surface area contributed by atoms with Crippen LogP contribution < -0.4 is 0 Å². The average Bonchev–Trinajstić information content (AvgIpc) is 2.43. The molecule has 0 aromatic rings. The van der Waals surface area contributed by atoms with Crippen molar-refractivity contribution in [2.45, 2.75) is 104 Å². The van der Waals surface area contributed by atoms with Crippen LogP contribution in [0, 0.1) is 16.9 Å². The third-order valence-electron chi connectivity index (χ3n) is 6.62. The lowest BCUT2D eigenvalue weighted by Crippen LogP contribution is -2.43. The van der Waals surface area contributed by atoms with Crippen molar-refractivity contribution >= 4 is 16.1 Å². The highest BCUT2D eigenvalue weighted by molar-refractivity contribution is 6.90. The smallest absolute Gasteiger partial charge is 0.129 e. The van der Waals surface area contributed by atoms with Gasteiger partial charge in [0.2, 0.25) is 0 Å². The minimum Gasteiger partial charge on any atom is -0.129 e. The van der Waals surface area contributed by atoms with E-state index in [-0.39, 0.29) is 5.41 Å². The summed E-state index contributed by atoms with van der Waals surface area (Å²) in [5, 5.41) is 0.352.